The standard InChI is InChI=1S/C26H44N4O5S/c1-6-7-14-27-22(32)17-35-26(4,5)13-16-34-25(2,3)12-15-28-21(31)11-9-8-10-20-23-19(18-36-20)29-24(33)30-23/h19-20,23H,8-18H2,1-5H3,(H,27,32)(H,28,31)(H2,29,30,33)/t19-,20-,23-/m0/s1. The quantitative estimate of drug-likeness (QED) is 0.140. The predicted molar refractivity (Wildman–Crippen MR) is 143 cm³/mol. The normalized spacial score (nSPS) is 21.1. The molecule has 0 saturated carbocycles. The van der Waals surface area contributed by atoms with Crippen molar-refractivity contribution in [3.8, 4) is 11.8 Å². The van der Waals surface area contributed by atoms with Crippen molar-refractivity contribution in [2.75, 3.05) is 32.1 Å². The number of thioether (sulfide) groups is 1. The Balaban J connectivity index is 1.51. The highest BCUT2D eigenvalue weighted by atomic mass is 32.2. The average molecular weight is 525 g/mol. The molecule has 2 rings (SSSR count). The lowest BCUT2D eigenvalue weighted by Gasteiger charge is -2.29. The number of ether oxygens (including phenoxy) is 2. The molecule has 4 N–H and O–H groups in total. The molecule has 36 heavy (non-hydrogen) atoms. The maximum absolute atomic E-state index is 12.2. The Labute approximate surface area is 220 Å². The molecule has 0 aromatic rings. The topological polar surface area (TPSA) is 118 Å². The van der Waals surface area contributed by atoms with Crippen LogP contribution in [0.25, 0.3) is 0 Å². The fraction of sp³-hybridized carbons (Fsp3) is 0.808. The summed E-state index contributed by atoms with van der Waals surface area (Å²) in [4.78, 5) is 35.5. The fourth-order valence-corrected chi connectivity index (χ4v) is 5.67. The molecule has 9 nitrogen and oxygen atoms in total. The summed E-state index contributed by atoms with van der Waals surface area (Å²) in [6, 6.07) is 0.412. The summed E-state index contributed by atoms with van der Waals surface area (Å²) in [5.41, 5.74) is -0.870. The minimum absolute atomic E-state index is 0.0117. The second kappa shape index (κ2) is 14.7. The van der Waals surface area contributed by atoms with Gasteiger partial charge in [-0.2, -0.15) is 11.8 Å². The van der Waals surface area contributed by atoms with E-state index in [0.717, 1.165) is 25.0 Å². The molecular formula is C26H44N4O5S. The Morgan fingerprint density at radius 2 is 1.81 bits per heavy atom. The summed E-state index contributed by atoms with van der Waals surface area (Å²) in [5, 5.41) is 12.1. The Morgan fingerprint density at radius 3 is 2.56 bits per heavy atom. The van der Waals surface area contributed by atoms with Crippen molar-refractivity contribution in [3.63, 3.8) is 0 Å². The van der Waals surface area contributed by atoms with E-state index in [1.54, 1.807) is 6.92 Å². The third-order valence-corrected chi connectivity index (χ3v) is 7.98. The number of carbonyl (C=O) groups excluding carboxylic acids is 3. The van der Waals surface area contributed by atoms with E-state index in [4.69, 9.17) is 9.47 Å². The van der Waals surface area contributed by atoms with Crippen LogP contribution in [0, 0.1) is 11.8 Å². The van der Waals surface area contributed by atoms with Gasteiger partial charge in [0.1, 0.15) is 6.61 Å². The minimum atomic E-state index is -0.490. The van der Waals surface area contributed by atoms with Crippen molar-refractivity contribution < 1.29 is 23.9 Å². The van der Waals surface area contributed by atoms with Gasteiger partial charge in [0, 0.05) is 24.0 Å². The van der Waals surface area contributed by atoms with E-state index in [0.29, 0.717) is 44.2 Å². The molecule has 3 atom stereocenters. The zero-order valence-electron chi connectivity index (χ0n) is 22.5. The lowest BCUT2D eigenvalue weighted by atomic mass is 10.0. The molecule has 0 aromatic carbocycles. The van der Waals surface area contributed by atoms with Gasteiger partial charge in [0.05, 0.1) is 36.4 Å². The highest BCUT2D eigenvalue weighted by Crippen LogP contribution is 2.33. The lowest BCUT2D eigenvalue weighted by molar-refractivity contribution is -0.133. The number of carbonyl (C=O) groups is 3. The molecule has 204 valence electrons. The lowest BCUT2D eigenvalue weighted by Crippen LogP contribution is -2.37. The van der Waals surface area contributed by atoms with Crippen LogP contribution in [0.1, 0.15) is 73.1 Å². The number of urea groups is 1. The van der Waals surface area contributed by atoms with E-state index in [1.807, 2.05) is 39.5 Å². The summed E-state index contributed by atoms with van der Waals surface area (Å²) >= 11 is 1.91. The molecule has 10 heteroatoms. The van der Waals surface area contributed by atoms with E-state index in [2.05, 4.69) is 33.1 Å². The van der Waals surface area contributed by atoms with Crippen molar-refractivity contribution in [1.82, 2.24) is 21.3 Å². The second-order valence-corrected chi connectivity index (χ2v) is 11.8. The Hall–Kier alpha value is -1.96. The number of nitrogens with one attached hydrogen (secondary N) is 4. The molecule has 0 spiro atoms. The molecule has 0 aliphatic carbocycles. The number of hydrogen-bond donors (Lipinski definition) is 4. The number of rotatable bonds is 16. The van der Waals surface area contributed by atoms with Gasteiger partial charge in [0.2, 0.25) is 11.8 Å². The number of fused-ring (bicyclic) bond motifs is 1. The minimum Gasteiger partial charge on any atom is -0.375 e. The van der Waals surface area contributed by atoms with Gasteiger partial charge in [-0.3, -0.25) is 9.59 Å². The molecule has 2 heterocycles. The number of unbranched alkanes of at least 4 members (excludes halogenated alkanes) is 1. The highest BCUT2D eigenvalue weighted by molar-refractivity contribution is 8.00. The molecule has 0 radical (unpaired) electrons. The van der Waals surface area contributed by atoms with E-state index < -0.39 is 5.60 Å². The Morgan fingerprint density at radius 1 is 1.06 bits per heavy atom. The van der Waals surface area contributed by atoms with Gasteiger partial charge in [0.15, 0.2) is 0 Å². The maximum Gasteiger partial charge on any atom is 0.315 e. The summed E-state index contributed by atoms with van der Waals surface area (Å²) < 4.78 is 11.8. The first-order valence-corrected chi connectivity index (χ1v) is 14.0. The second-order valence-electron chi connectivity index (χ2n) is 10.6. The van der Waals surface area contributed by atoms with Gasteiger partial charge in [-0.15, -0.1) is 5.92 Å². The largest absolute Gasteiger partial charge is 0.375 e. The van der Waals surface area contributed by atoms with Crippen LogP contribution >= 0.6 is 11.8 Å². The Bertz CT molecular complexity index is 808. The summed E-state index contributed by atoms with van der Waals surface area (Å²) in [6.45, 7) is 11.0. The van der Waals surface area contributed by atoms with Crippen molar-refractivity contribution in [2.45, 2.75) is 102 Å². The zero-order chi connectivity index (χ0) is 26.6. The average Bonchev–Trinajstić information content (AvgIpc) is 3.34. The summed E-state index contributed by atoms with van der Waals surface area (Å²) in [5.74, 6) is 6.35. The first-order valence-electron chi connectivity index (χ1n) is 12.9. The number of hydrogen-bond acceptors (Lipinski definition) is 6. The zero-order valence-corrected chi connectivity index (χ0v) is 23.3. The van der Waals surface area contributed by atoms with Gasteiger partial charge in [-0.05, 0) is 60.3 Å². The van der Waals surface area contributed by atoms with E-state index in [9.17, 15) is 14.4 Å². The molecule has 0 aromatic heterocycles. The van der Waals surface area contributed by atoms with Crippen molar-refractivity contribution >= 4 is 29.6 Å². The molecule has 2 aliphatic heterocycles. The molecule has 0 bridgehead atoms. The molecule has 0 unspecified atom stereocenters. The maximum atomic E-state index is 12.2. The highest BCUT2D eigenvalue weighted by Gasteiger charge is 2.42. The van der Waals surface area contributed by atoms with E-state index >= 15 is 0 Å². The molecule has 4 amide bonds. The van der Waals surface area contributed by atoms with Crippen LogP contribution in [0.15, 0.2) is 0 Å². The third kappa shape index (κ3) is 11.4. The molecule has 2 saturated heterocycles. The Kier molecular flexibility index (Phi) is 12.4. The van der Waals surface area contributed by atoms with Crippen LogP contribution < -0.4 is 21.3 Å². The smallest absolute Gasteiger partial charge is 0.315 e. The van der Waals surface area contributed by atoms with Crippen LogP contribution in [0.3, 0.4) is 0 Å². The monoisotopic (exact) mass is 524 g/mol. The first-order chi connectivity index (χ1) is 17.0. The fourth-order valence-electron chi connectivity index (χ4n) is 4.13. The van der Waals surface area contributed by atoms with Crippen LogP contribution in [-0.4, -0.2) is 78.4 Å². The van der Waals surface area contributed by atoms with Crippen LogP contribution in [-0.2, 0) is 19.1 Å². The number of amides is 4. The van der Waals surface area contributed by atoms with Gasteiger partial charge in [-0.1, -0.05) is 12.3 Å². The van der Waals surface area contributed by atoms with Crippen molar-refractivity contribution in [3.05, 3.63) is 0 Å². The van der Waals surface area contributed by atoms with Crippen molar-refractivity contribution in [1.29, 1.82) is 0 Å². The first kappa shape index (κ1) is 30.3. The van der Waals surface area contributed by atoms with Crippen molar-refractivity contribution in [2.24, 2.45) is 0 Å². The molecule has 2 aliphatic rings. The predicted octanol–water partition coefficient (Wildman–Crippen LogP) is 2.34. The van der Waals surface area contributed by atoms with Gasteiger partial charge < -0.3 is 30.7 Å². The van der Waals surface area contributed by atoms with Crippen LogP contribution in [0.5, 0.6) is 0 Å². The summed E-state index contributed by atoms with van der Waals surface area (Å²) in [7, 11) is 0. The van der Waals surface area contributed by atoms with Gasteiger partial charge in [0.25, 0.3) is 0 Å². The van der Waals surface area contributed by atoms with E-state index in [1.165, 1.54) is 0 Å². The van der Waals surface area contributed by atoms with Gasteiger partial charge >= 0.3 is 6.03 Å². The van der Waals surface area contributed by atoms with E-state index in [-0.39, 0.29) is 42.1 Å². The van der Waals surface area contributed by atoms with Gasteiger partial charge in [-0.25, -0.2) is 4.79 Å². The van der Waals surface area contributed by atoms with Crippen LogP contribution in [0.2, 0.25) is 0 Å². The molecule has 2 fully saturated rings. The third-order valence-electron chi connectivity index (χ3n) is 6.47. The summed E-state index contributed by atoms with van der Waals surface area (Å²) in [6.07, 6.45) is 4.70. The SMILES string of the molecule is CC#CCNC(=O)COC(C)(C)CCOC(C)(C)CCNC(=O)CCCC[C@@H]1SC[C@@H]2NC(=O)N[C@@H]21. The molecular weight excluding hydrogens is 480 g/mol. The van der Waals surface area contributed by atoms with Crippen LogP contribution in [0.4, 0.5) is 4.79 Å².